The molecule has 1 N–H and O–H groups in total. The van der Waals surface area contributed by atoms with Gasteiger partial charge in [-0.05, 0) is 37.6 Å². The molecule has 22 heavy (non-hydrogen) atoms. The number of halogens is 1. The number of nitrogens with one attached hydrogen (secondary N) is 1. The van der Waals surface area contributed by atoms with Crippen LogP contribution in [0.2, 0.25) is 0 Å². The molecular weight excluding hydrogens is 344 g/mol. The van der Waals surface area contributed by atoms with Crippen molar-refractivity contribution in [3.05, 3.63) is 45.5 Å². The normalized spacial score (nSPS) is 19.5. The Morgan fingerprint density at radius 1 is 1.41 bits per heavy atom. The minimum atomic E-state index is 0.209. The molecule has 0 amide bonds. The van der Waals surface area contributed by atoms with Crippen molar-refractivity contribution < 1.29 is 4.52 Å². The van der Waals surface area contributed by atoms with E-state index in [9.17, 15) is 0 Å². The van der Waals surface area contributed by atoms with Crippen LogP contribution in [-0.4, -0.2) is 41.7 Å². The van der Waals surface area contributed by atoms with Gasteiger partial charge in [-0.3, -0.25) is 4.90 Å². The third kappa shape index (κ3) is 3.56. The van der Waals surface area contributed by atoms with E-state index in [0.717, 1.165) is 48.7 Å². The molecule has 1 unspecified atom stereocenters. The van der Waals surface area contributed by atoms with Crippen LogP contribution >= 0.6 is 15.9 Å². The molecule has 1 aliphatic rings. The fourth-order valence-corrected chi connectivity index (χ4v) is 2.96. The molecule has 1 aromatic carbocycles. The first-order chi connectivity index (χ1) is 10.6. The van der Waals surface area contributed by atoms with Gasteiger partial charge in [-0.1, -0.05) is 33.2 Å². The number of hydrogen-bond donors (Lipinski definition) is 1. The average Bonchev–Trinajstić information content (AvgIpc) is 2.98. The molecule has 2 heterocycles. The van der Waals surface area contributed by atoms with Gasteiger partial charge >= 0.3 is 0 Å². The summed E-state index contributed by atoms with van der Waals surface area (Å²) in [6.07, 6.45) is 1.69. The molecular formula is C16H21BrN4O. The van der Waals surface area contributed by atoms with Crippen molar-refractivity contribution in [2.24, 2.45) is 0 Å². The van der Waals surface area contributed by atoms with Crippen molar-refractivity contribution in [2.45, 2.75) is 25.8 Å². The van der Waals surface area contributed by atoms with Gasteiger partial charge in [-0.25, -0.2) is 0 Å². The molecule has 6 heteroatoms. The van der Waals surface area contributed by atoms with Crippen molar-refractivity contribution in [3.63, 3.8) is 0 Å². The summed E-state index contributed by atoms with van der Waals surface area (Å²) in [6, 6.07) is 6.63. The summed E-state index contributed by atoms with van der Waals surface area (Å²) in [4.78, 5) is 6.84. The number of aromatic nitrogens is 2. The standard InChI is InChI=1S/C16H21BrN4O/c1-11-9-12(3-5-13(11)17)4-6-15-19-16(20-22-15)14-10-18-7-8-21(14)2/h3,5,9,14,18H,4,6-8,10H2,1-2H3. The van der Waals surface area contributed by atoms with Gasteiger partial charge in [-0.15, -0.1) is 0 Å². The van der Waals surface area contributed by atoms with Gasteiger partial charge < -0.3 is 9.84 Å². The number of aryl methyl sites for hydroxylation is 3. The summed E-state index contributed by atoms with van der Waals surface area (Å²) in [6.45, 7) is 5.00. The van der Waals surface area contributed by atoms with E-state index in [2.05, 4.69) is 68.5 Å². The van der Waals surface area contributed by atoms with Crippen LogP contribution in [0.5, 0.6) is 0 Å². The molecule has 1 fully saturated rings. The number of hydrogen-bond acceptors (Lipinski definition) is 5. The Hall–Kier alpha value is -1.24. The van der Waals surface area contributed by atoms with E-state index in [1.54, 1.807) is 0 Å². The zero-order chi connectivity index (χ0) is 15.5. The first-order valence-electron chi connectivity index (χ1n) is 7.62. The van der Waals surface area contributed by atoms with Gasteiger partial charge in [0.2, 0.25) is 5.89 Å². The maximum atomic E-state index is 5.42. The van der Waals surface area contributed by atoms with Gasteiger partial charge in [-0.2, -0.15) is 4.98 Å². The summed E-state index contributed by atoms with van der Waals surface area (Å²) < 4.78 is 6.56. The lowest BCUT2D eigenvalue weighted by atomic mass is 10.1. The smallest absolute Gasteiger partial charge is 0.227 e. The van der Waals surface area contributed by atoms with Crippen LogP contribution in [0.4, 0.5) is 0 Å². The van der Waals surface area contributed by atoms with Gasteiger partial charge in [0.25, 0.3) is 0 Å². The number of likely N-dealkylation sites (N-methyl/N-ethyl adjacent to an activating group) is 1. The van der Waals surface area contributed by atoms with Crippen molar-refractivity contribution in [2.75, 3.05) is 26.7 Å². The summed E-state index contributed by atoms with van der Waals surface area (Å²) in [5.41, 5.74) is 2.54. The van der Waals surface area contributed by atoms with Gasteiger partial charge in [0.15, 0.2) is 5.82 Å². The van der Waals surface area contributed by atoms with Crippen LogP contribution in [0.15, 0.2) is 27.2 Å². The number of piperazine rings is 1. The highest BCUT2D eigenvalue weighted by atomic mass is 79.9. The highest BCUT2D eigenvalue weighted by Gasteiger charge is 2.25. The predicted octanol–water partition coefficient (Wildman–Crippen LogP) is 2.50. The zero-order valence-corrected chi connectivity index (χ0v) is 14.6. The Balaban J connectivity index is 1.63. The fourth-order valence-electron chi connectivity index (χ4n) is 2.71. The second-order valence-corrected chi connectivity index (χ2v) is 6.68. The lowest BCUT2D eigenvalue weighted by Gasteiger charge is -2.30. The Morgan fingerprint density at radius 3 is 3.05 bits per heavy atom. The Labute approximate surface area is 139 Å². The molecule has 3 rings (SSSR count). The maximum Gasteiger partial charge on any atom is 0.227 e. The fraction of sp³-hybridized carbons (Fsp3) is 0.500. The Kier molecular flexibility index (Phi) is 4.90. The summed E-state index contributed by atoms with van der Waals surface area (Å²) in [5.74, 6) is 1.51. The van der Waals surface area contributed by atoms with E-state index < -0.39 is 0 Å². The quantitative estimate of drug-likeness (QED) is 0.902. The van der Waals surface area contributed by atoms with E-state index in [-0.39, 0.29) is 6.04 Å². The van der Waals surface area contributed by atoms with E-state index in [1.165, 1.54) is 11.1 Å². The van der Waals surface area contributed by atoms with Crippen molar-refractivity contribution in [1.29, 1.82) is 0 Å². The molecule has 5 nitrogen and oxygen atoms in total. The minimum absolute atomic E-state index is 0.209. The van der Waals surface area contributed by atoms with Crippen LogP contribution in [0, 0.1) is 6.92 Å². The van der Waals surface area contributed by atoms with Crippen LogP contribution in [0.25, 0.3) is 0 Å². The molecule has 1 atom stereocenters. The van der Waals surface area contributed by atoms with E-state index in [1.807, 2.05) is 0 Å². The molecule has 0 spiro atoms. The molecule has 1 aromatic heterocycles. The summed E-state index contributed by atoms with van der Waals surface area (Å²) in [7, 11) is 2.10. The summed E-state index contributed by atoms with van der Waals surface area (Å²) >= 11 is 3.53. The largest absolute Gasteiger partial charge is 0.339 e. The van der Waals surface area contributed by atoms with Crippen molar-refractivity contribution >= 4 is 15.9 Å². The Morgan fingerprint density at radius 2 is 2.27 bits per heavy atom. The maximum absolute atomic E-state index is 5.42. The average molecular weight is 365 g/mol. The van der Waals surface area contributed by atoms with Crippen LogP contribution in [0.1, 0.15) is 28.9 Å². The first kappa shape index (κ1) is 15.6. The second kappa shape index (κ2) is 6.89. The molecule has 0 aliphatic carbocycles. The number of benzene rings is 1. The third-order valence-electron chi connectivity index (χ3n) is 4.14. The lowest BCUT2D eigenvalue weighted by molar-refractivity contribution is 0.190. The predicted molar refractivity (Wildman–Crippen MR) is 88.8 cm³/mol. The van der Waals surface area contributed by atoms with Crippen LogP contribution < -0.4 is 5.32 Å². The lowest BCUT2D eigenvalue weighted by Crippen LogP contribution is -2.44. The molecule has 0 bridgehead atoms. The van der Waals surface area contributed by atoms with E-state index in [4.69, 9.17) is 4.52 Å². The molecule has 0 saturated carbocycles. The van der Waals surface area contributed by atoms with Gasteiger partial charge in [0.05, 0.1) is 6.04 Å². The molecule has 1 aliphatic heterocycles. The first-order valence-corrected chi connectivity index (χ1v) is 8.41. The highest BCUT2D eigenvalue weighted by Crippen LogP contribution is 2.20. The van der Waals surface area contributed by atoms with Gasteiger partial charge in [0.1, 0.15) is 0 Å². The molecule has 0 radical (unpaired) electrons. The molecule has 2 aromatic rings. The topological polar surface area (TPSA) is 54.2 Å². The monoisotopic (exact) mass is 364 g/mol. The zero-order valence-electron chi connectivity index (χ0n) is 13.0. The summed E-state index contributed by atoms with van der Waals surface area (Å²) in [5, 5.41) is 7.53. The number of rotatable bonds is 4. The second-order valence-electron chi connectivity index (χ2n) is 5.83. The molecule has 118 valence electrons. The third-order valence-corrected chi connectivity index (χ3v) is 5.03. The molecule has 1 saturated heterocycles. The van der Waals surface area contributed by atoms with Crippen molar-refractivity contribution in [3.8, 4) is 0 Å². The highest BCUT2D eigenvalue weighted by molar-refractivity contribution is 9.10. The minimum Gasteiger partial charge on any atom is -0.339 e. The van der Waals surface area contributed by atoms with E-state index in [0.29, 0.717) is 0 Å². The van der Waals surface area contributed by atoms with E-state index >= 15 is 0 Å². The van der Waals surface area contributed by atoms with Gasteiger partial charge in [0, 0.05) is 30.5 Å². The number of nitrogens with zero attached hydrogens (tertiary/aromatic N) is 3. The van der Waals surface area contributed by atoms with Crippen LogP contribution in [0.3, 0.4) is 0 Å². The van der Waals surface area contributed by atoms with Crippen LogP contribution in [-0.2, 0) is 12.8 Å². The SMILES string of the molecule is Cc1cc(CCc2nc(C3CNCCN3C)no2)ccc1Br. The van der Waals surface area contributed by atoms with Crippen molar-refractivity contribution in [1.82, 2.24) is 20.4 Å². The Bertz CT molecular complexity index is 643.